The van der Waals surface area contributed by atoms with Crippen LogP contribution in [0.15, 0.2) is 22.9 Å². The highest BCUT2D eigenvalue weighted by Crippen LogP contribution is 2.29. The average Bonchev–Trinajstić information content (AvgIpc) is 2.70. The van der Waals surface area contributed by atoms with Crippen LogP contribution in [-0.2, 0) is 6.42 Å². The summed E-state index contributed by atoms with van der Waals surface area (Å²) < 4.78 is 0.985. The summed E-state index contributed by atoms with van der Waals surface area (Å²) in [4.78, 5) is 4.11. The van der Waals surface area contributed by atoms with Crippen LogP contribution in [0.2, 0.25) is 0 Å². The van der Waals surface area contributed by atoms with E-state index in [0.29, 0.717) is 5.92 Å². The third-order valence-electron chi connectivity index (χ3n) is 3.15. The monoisotopic (exact) mass is 269 g/mol. The standard InChI is InChI=1S/C12H16BrNO/c13-11-5-9(7-14-8-11)6-12(15)10-3-1-2-4-10/h5,7-8,10,12,15H,1-4,6H2. The van der Waals surface area contributed by atoms with Gasteiger partial charge in [-0.05, 0) is 46.3 Å². The molecule has 1 heterocycles. The van der Waals surface area contributed by atoms with Gasteiger partial charge >= 0.3 is 0 Å². The van der Waals surface area contributed by atoms with Gasteiger partial charge in [-0.15, -0.1) is 0 Å². The van der Waals surface area contributed by atoms with Crippen molar-refractivity contribution in [3.63, 3.8) is 0 Å². The minimum atomic E-state index is -0.191. The van der Waals surface area contributed by atoms with Crippen LogP contribution in [0.4, 0.5) is 0 Å². The van der Waals surface area contributed by atoms with Gasteiger partial charge in [0.1, 0.15) is 0 Å². The van der Waals surface area contributed by atoms with Crippen LogP contribution in [0.25, 0.3) is 0 Å². The molecule has 82 valence electrons. The third kappa shape index (κ3) is 3.02. The highest BCUT2D eigenvalue weighted by atomic mass is 79.9. The normalized spacial score (nSPS) is 19.3. The number of pyridine rings is 1. The number of aromatic nitrogens is 1. The van der Waals surface area contributed by atoms with Gasteiger partial charge in [0.2, 0.25) is 0 Å². The molecule has 2 rings (SSSR count). The van der Waals surface area contributed by atoms with Crippen molar-refractivity contribution in [2.75, 3.05) is 0 Å². The van der Waals surface area contributed by atoms with E-state index in [1.165, 1.54) is 25.7 Å². The van der Waals surface area contributed by atoms with Gasteiger partial charge in [-0.2, -0.15) is 0 Å². The largest absolute Gasteiger partial charge is 0.392 e. The number of aliphatic hydroxyl groups excluding tert-OH is 1. The first-order valence-electron chi connectivity index (χ1n) is 5.53. The maximum Gasteiger partial charge on any atom is 0.0609 e. The van der Waals surface area contributed by atoms with Crippen molar-refractivity contribution in [2.24, 2.45) is 5.92 Å². The minimum absolute atomic E-state index is 0.191. The lowest BCUT2D eigenvalue weighted by Crippen LogP contribution is -2.20. The van der Waals surface area contributed by atoms with E-state index in [1.807, 2.05) is 12.3 Å². The van der Waals surface area contributed by atoms with Crippen LogP contribution in [0.3, 0.4) is 0 Å². The number of aliphatic hydroxyl groups is 1. The SMILES string of the molecule is OC(Cc1cncc(Br)c1)C1CCCC1. The summed E-state index contributed by atoms with van der Waals surface area (Å²) in [5.74, 6) is 0.504. The van der Waals surface area contributed by atoms with Crippen LogP contribution >= 0.6 is 15.9 Å². The Hall–Kier alpha value is -0.410. The predicted octanol–water partition coefficient (Wildman–Crippen LogP) is 2.94. The molecule has 1 aromatic heterocycles. The Bertz CT molecular complexity index is 323. The van der Waals surface area contributed by atoms with Crippen molar-refractivity contribution in [3.05, 3.63) is 28.5 Å². The van der Waals surface area contributed by atoms with Gasteiger partial charge in [-0.1, -0.05) is 12.8 Å². The van der Waals surface area contributed by atoms with Crippen LogP contribution in [0, 0.1) is 5.92 Å². The van der Waals surface area contributed by atoms with Gasteiger partial charge in [0.05, 0.1) is 6.10 Å². The molecule has 2 nitrogen and oxygen atoms in total. The van der Waals surface area contributed by atoms with Gasteiger partial charge < -0.3 is 5.11 Å². The highest BCUT2D eigenvalue weighted by molar-refractivity contribution is 9.10. The van der Waals surface area contributed by atoms with Crippen LogP contribution < -0.4 is 0 Å². The maximum absolute atomic E-state index is 10.1. The molecule has 15 heavy (non-hydrogen) atoms. The second-order valence-electron chi connectivity index (χ2n) is 4.33. The maximum atomic E-state index is 10.1. The van der Waals surface area contributed by atoms with Crippen molar-refractivity contribution in [3.8, 4) is 0 Å². The fraction of sp³-hybridized carbons (Fsp3) is 0.583. The van der Waals surface area contributed by atoms with Crippen molar-refractivity contribution in [2.45, 2.75) is 38.2 Å². The average molecular weight is 270 g/mol. The Kier molecular flexibility index (Phi) is 3.76. The lowest BCUT2D eigenvalue weighted by Gasteiger charge is -2.17. The number of rotatable bonds is 3. The lowest BCUT2D eigenvalue weighted by molar-refractivity contribution is 0.111. The van der Waals surface area contributed by atoms with Crippen molar-refractivity contribution in [1.82, 2.24) is 4.98 Å². The fourth-order valence-corrected chi connectivity index (χ4v) is 2.73. The summed E-state index contributed by atoms with van der Waals surface area (Å²) in [6, 6.07) is 2.03. The molecule has 0 amide bonds. The molecule has 1 fully saturated rings. The van der Waals surface area contributed by atoms with Gasteiger partial charge in [-0.25, -0.2) is 0 Å². The van der Waals surface area contributed by atoms with E-state index in [4.69, 9.17) is 0 Å². The molecule has 1 N–H and O–H groups in total. The Labute approximate surface area is 98.9 Å². The molecule has 0 radical (unpaired) electrons. The summed E-state index contributed by atoms with van der Waals surface area (Å²) in [7, 11) is 0. The van der Waals surface area contributed by atoms with Gasteiger partial charge in [0.15, 0.2) is 0 Å². The zero-order chi connectivity index (χ0) is 10.7. The van der Waals surface area contributed by atoms with E-state index in [-0.39, 0.29) is 6.10 Å². The number of halogens is 1. The first-order chi connectivity index (χ1) is 7.25. The smallest absolute Gasteiger partial charge is 0.0609 e. The van der Waals surface area contributed by atoms with E-state index >= 15 is 0 Å². The molecule has 1 aliphatic rings. The Morgan fingerprint density at radius 3 is 2.80 bits per heavy atom. The number of nitrogens with zero attached hydrogens (tertiary/aromatic N) is 1. The van der Waals surface area contributed by atoms with E-state index in [0.717, 1.165) is 16.5 Å². The summed E-state index contributed by atoms with van der Waals surface area (Å²) in [5.41, 5.74) is 1.11. The molecule has 0 spiro atoms. The van der Waals surface area contributed by atoms with Crippen molar-refractivity contribution < 1.29 is 5.11 Å². The third-order valence-corrected chi connectivity index (χ3v) is 3.58. The quantitative estimate of drug-likeness (QED) is 0.916. The van der Waals surface area contributed by atoms with Crippen LogP contribution in [0.5, 0.6) is 0 Å². The van der Waals surface area contributed by atoms with E-state index in [2.05, 4.69) is 20.9 Å². The fourth-order valence-electron chi connectivity index (χ4n) is 2.32. The van der Waals surface area contributed by atoms with Crippen molar-refractivity contribution >= 4 is 15.9 Å². The minimum Gasteiger partial charge on any atom is -0.392 e. The first kappa shape index (κ1) is 11.1. The molecule has 0 aromatic carbocycles. The molecular formula is C12H16BrNO. The summed E-state index contributed by atoms with van der Waals surface area (Å²) >= 11 is 3.39. The molecule has 1 aliphatic carbocycles. The van der Waals surface area contributed by atoms with Gasteiger partial charge in [-0.3, -0.25) is 4.98 Å². The van der Waals surface area contributed by atoms with E-state index in [1.54, 1.807) is 6.20 Å². The van der Waals surface area contributed by atoms with Crippen LogP contribution in [0.1, 0.15) is 31.2 Å². The molecular weight excluding hydrogens is 254 g/mol. The van der Waals surface area contributed by atoms with E-state index in [9.17, 15) is 5.11 Å². The summed E-state index contributed by atoms with van der Waals surface area (Å²) in [6.07, 6.45) is 9.07. The predicted molar refractivity (Wildman–Crippen MR) is 63.6 cm³/mol. The number of hydrogen-bond donors (Lipinski definition) is 1. The number of hydrogen-bond acceptors (Lipinski definition) is 2. The Morgan fingerprint density at radius 1 is 1.40 bits per heavy atom. The molecule has 0 bridgehead atoms. The van der Waals surface area contributed by atoms with E-state index < -0.39 is 0 Å². The summed E-state index contributed by atoms with van der Waals surface area (Å²) in [6.45, 7) is 0. The molecule has 0 aliphatic heterocycles. The summed E-state index contributed by atoms with van der Waals surface area (Å²) in [5, 5.41) is 10.1. The molecule has 1 unspecified atom stereocenters. The molecule has 1 aromatic rings. The second kappa shape index (κ2) is 5.08. The van der Waals surface area contributed by atoms with Crippen molar-refractivity contribution in [1.29, 1.82) is 0 Å². The Morgan fingerprint density at radius 2 is 2.13 bits per heavy atom. The molecule has 0 saturated heterocycles. The zero-order valence-corrected chi connectivity index (χ0v) is 10.3. The second-order valence-corrected chi connectivity index (χ2v) is 5.24. The zero-order valence-electron chi connectivity index (χ0n) is 8.69. The lowest BCUT2D eigenvalue weighted by atomic mass is 9.96. The molecule has 1 atom stereocenters. The molecule has 3 heteroatoms. The van der Waals surface area contributed by atoms with Gasteiger partial charge in [0.25, 0.3) is 0 Å². The molecule has 1 saturated carbocycles. The van der Waals surface area contributed by atoms with Gasteiger partial charge in [0, 0.05) is 23.3 Å². The first-order valence-corrected chi connectivity index (χ1v) is 6.32. The topological polar surface area (TPSA) is 33.1 Å². The Balaban J connectivity index is 1.95. The highest BCUT2D eigenvalue weighted by Gasteiger charge is 2.23. The van der Waals surface area contributed by atoms with Crippen LogP contribution in [-0.4, -0.2) is 16.2 Å².